The highest BCUT2D eigenvalue weighted by Crippen LogP contribution is 2.66. The van der Waals surface area contributed by atoms with Crippen molar-refractivity contribution in [2.45, 2.75) is 30.6 Å². The van der Waals surface area contributed by atoms with Crippen LogP contribution in [0, 0.1) is 30.0 Å². The van der Waals surface area contributed by atoms with E-state index in [1.807, 2.05) is 13.0 Å². The normalized spacial score (nSPS) is 25.5. The highest BCUT2D eigenvalue weighted by atomic mass is 32.2. The van der Waals surface area contributed by atoms with Crippen molar-refractivity contribution in [2.24, 2.45) is 16.6 Å². The molecule has 1 fully saturated rings. The molecule has 2 heterocycles. The Hall–Kier alpha value is -3.03. The average Bonchev–Trinajstić information content (AvgIpc) is 3.53. The molecule has 1 aliphatic carbocycles. The summed E-state index contributed by atoms with van der Waals surface area (Å²) in [5.41, 5.74) is 5.87. The van der Waals surface area contributed by atoms with Crippen LogP contribution in [0.5, 0.6) is 0 Å². The van der Waals surface area contributed by atoms with Crippen molar-refractivity contribution in [3.8, 4) is 6.07 Å². The van der Waals surface area contributed by atoms with Gasteiger partial charge in [0.15, 0.2) is 5.17 Å². The number of thioether (sulfide) groups is 1. The van der Waals surface area contributed by atoms with Crippen molar-refractivity contribution < 1.29 is 18.3 Å². The number of amidine groups is 1. The van der Waals surface area contributed by atoms with Crippen LogP contribution in [0.4, 0.5) is 14.5 Å². The maximum atomic E-state index is 15.0. The van der Waals surface area contributed by atoms with Crippen LogP contribution in [0.15, 0.2) is 35.5 Å². The zero-order valence-electron chi connectivity index (χ0n) is 18.2. The SMILES string of the molecule is CCOC[C@]12C[C@H]1[C@@](CF)(c1cc(NC(=O)c3ncc(C#N)cc3C)ccc1F)N=C(N)S2. The molecule has 1 aromatic heterocycles. The van der Waals surface area contributed by atoms with Gasteiger partial charge in [-0.3, -0.25) is 4.79 Å². The summed E-state index contributed by atoms with van der Waals surface area (Å²) in [5, 5.41) is 11.9. The number of hydrogen-bond donors (Lipinski definition) is 2. The van der Waals surface area contributed by atoms with Crippen LogP contribution in [-0.2, 0) is 10.3 Å². The third-order valence-corrected chi connectivity index (χ3v) is 7.36. The molecular formula is C23H23F2N5O2S. The van der Waals surface area contributed by atoms with E-state index in [1.165, 1.54) is 36.2 Å². The first-order valence-electron chi connectivity index (χ1n) is 10.4. The molecule has 0 saturated heterocycles. The number of carbonyl (C=O) groups excluding carboxylic acids is 1. The van der Waals surface area contributed by atoms with E-state index in [2.05, 4.69) is 15.3 Å². The van der Waals surface area contributed by atoms with Crippen molar-refractivity contribution in [2.75, 3.05) is 25.2 Å². The van der Waals surface area contributed by atoms with E-state index in [-0.39, 0.29) is 28.0 Å². The predicted molar refractivity (Wildman–Crippen MR) is 122 cm³/mol. The van der Waals surface area contributed by atoms with Crippen molar-refractivity contribution in [1.29, 1.82) is 5.26 Å². The van der Waals surface area contributed by atoms with Crippen molar-refractivity contribution in [3.63, 3.8) is 0 Å². The summed E-state index contributed by atoms with van der Waals surface area (Å²) in [7, 11) is 0. The first kappa shape index (κ1) is 23.1. The quantitative estimate of drug-likeness (QED) is 0.637. The van der Waals surface area contributed by atoms with Crippen LogP contribution >= 0.6 is 11.8 Å². The van der Waals surface area contributed by atoms with Gasteiger partial charge in [-0.25, -0.2) is 18.8 Å². The van der Waals surface area contributed by atoms with E-state index in [0.717, 1.165) is 0 Å². The van der Waals surface area contributed by atoms with Crippen LogP contribution in [-0.4, -0.2) is 40.7 Å². The Morgan fingerprint density at radius 1 is 1.45 bits per heavy atom. The highest BCUT2D eigenvalue weighted by molar-refractivity contribution is 8.15. The van der Waals surface area contributed by atoms with Crippen LogP contribution < -0.4 is 11.1 Å². The number of carbonyl (C=O) groups is 1. The largest absolute Gasteiger partial charge is 0.380 e. The second-order valence-corrected chi connectivity index (χ2v) is 9.65. The van der Waals surface area contributed by atoms with Gasteiger partial charge in [0.2, 0.25) is 0 Å². The number of aliphatic imine (C=N–C) groups is 1. The van der Waals surface area contributed by atoms with Gasteiger partial charge in [-0.05, 0) is 50.1 Å². The van der Waals surface area contributed by atoms with Gasteiger partial charge in [-0.2, -0.15) is 5.26 Å². The molecule has 7 nitrogen and oxygen atoms in total. The Kier molecular flexibility index (Phi) is 6.12. The van der Waals surface area contributed by atoms with Crippen molar-refractivity contribution in [1.82, 2.24) is 4.98 Å². The average molecular weight is 472 g/mol. The lowest BCUT2D eigenvalue weighted by Gasteiger charge is -2.35. The molecule has 1 aromatic carbocycles. The van der Waals surface area contributed by atoms with Gasteiger partial charge in [-0.15, -0.1) is 0 Å². The van der Waals surface area contributed by atoms with E-state index < -0.39 is 28.7 Å². The molecule has 0 bridgehead atoms. The van der Waals surface area contributed by atoms with Gasteiger partial charge in [0.1, 0.15) is 29.8 Å². The van der Waals surface area contributed by atoms with Gasteiger partial charge in [0.25, 0.3) is 5.91 Å². The van der Waals surface area contributed by atoms with E-state index in [1.54, 1.807) is 13.0 Å². The molecule has 10 heteroatoms. The van der Waals surface area contributed by atoms with Gasteiger partial charge in [-0.1, -0.05) is 11.8 Å². The Balaban J connectivity index is 1.67. The molecule has 2 aromatic rings. The molecule has 0 unspecified atom stereocenters. The molecule has 33 heavy (non-hydrogen) atoms. The lowest BCUT2D eigenvalue weighted by Crippen LogP contribution is -2.41. The topological polar surface area (TPSA) is 113 Å². The molecule has 2 aliphatic rings. The molecular weight excluding hydrogens is 448 g/mol. The smallest absolute Gasteiger partial charge is 0.274 e. The standard InChI is InChI=1S/C23H23F2N5O2S/c1-3-32-12-22-8-18(22)23(11-24,30-21(27)33-22)16-7-15(4-5-17(16)25)29-20(31)19-13(2)6-14(9-26)10-28-19/h4-7,10,18H,3,8,11-12H2,1-2H3,(H2,27,30)(H,29,31)/t18-,22-,23-/m1/s1. The minimum Gasteiger partial charge on any atom is -0.380 e. The van der Waals surface area contributed by atoms with E-state index in [9.17, 15) is 9.18 Å². The summed E-state index contributed by atoms with van der Waals surface area (Å²) in [5.74, 6) is -1.44. The van der Waals surface area contributed by atoms with Gasteiger partial charge in [0, 0.05) is 30.0 Å². The lowest BCUT2D eigenvalue weighted by molar-refractivity contribution is 0.102. The summed E-state index contributed by atoms with van der Waals surface area (Å²) >= 11 is 1.35. The monoisotopic (exact) mass is 471 g/mol. The van der Waals surface area contributed by atoms with E-state index in [4.69, 9.17) is 15.7 Å². The number of rotatable bonds is 7. The Morgan fingerprint density at radius 2 is 2.24 bits per heavy atom. The number of nitrogens with two attached hydrogens (primary N) is 1. The predicted octanol–water partition coefficient (Wildman–Crippen LogP) is 3.67. The number of nitrogens with zero attached hydrogens (tertiary/aromatic N) is 3. The number of aromatic nitrogens is 1. The fourth-order valence-electron chi connectivity index (χ4n) is 4.41. The molecule has 0 spiro atoms. The van der Waals surface area contributed by atoms with E-state index >= 15 is 4.39 Å². The van der Waals surface area contributed by atoms with Crippen molar-refractivity contribution >= 4 is 28.5 Å². The van der Waals surface area contributed by atoms with Crippen molar-refractivity contribution in [3.05, 3.63) is 58.7 Å². The van der Waals surface area contributed by atoms with Gasteiger partial charge >= 0.3 is 0 Å². The number of aryl methyl sites for hydroxylation is 1. The molecule has 1 saturated carbocycles. The Labute approximate surface area is 194 Å². The van der Waals surface area contributed by atoms with Crippen LogP contribution in [0.2, 0.25) is 0 Å². The number of nitriles is 1. The summed E-state index contributed by atoms with van der Waals surface area (Å²) in [4.78, 5) is 21.2. The number of pyridine rings is 1. The summed E-state index contributed by atoms with van der Waals surface area (Å²) in [6.45, 7) is 3.49. The second kappa shape index (κ2) is 8.72. The fourth-order valence-corrected chi connectivity index (χ4v) is 5.77. The Bertz CT molecular complexity index is 1180. The number of hydrogen-bond acceptors (Lipinski definition) is 7. The first-order chi connectivity index (χ1) is 15.8. The number of anilines is 1. The zero-order valence-corrected chi connectivity index (χ0v) is 19.0. The molecule has 0 radical (unpaired) electrons. The minimum atomic E-state index is -1.49. The number of alkyl halides is 1. The number of benzene rings is 1. The molecule has 4 rings (SSSR count). The third kappa shape index (κ3) is 4.07. The number of ether oxygens (including phenoxy) is 1. The highest BCUT2D eigenvalue weighted by Gasteiger charge is 2.68. The van der Waals surface area contributed by atoms with Crippen LogP contribution in [0.1, 0.15) is 40.5 Å². The Morgan fingerprint density at radius 3 is 2.91 bits per heavy atom. The summed E-state index contributed by atoms with van der Waals surface area (Å²) in [6.07, 6.45) is 1.90. The number of halogens is 2. The van der Waals surface area contributed by atoms with Crippen LogP contribution in [0.25, 0.3) is 0 Å². The summed E-state index contributed by atoms with van der Waals surface area (Å²) in [6, 6.07) is 7.50. The molecule has 3 atom stereocenters. The molecule has 3 N–H and O–H groups in total. The molecule has 1 amide bonds. The third-order valence-electron chi connectivity index (χ3n) is 6.09. The fraction of sp³-hybridized carbons (Fsp3) is 0.391. The summed E-state index contributed by atoms with van der Waals surface area (Å²) < 4.78 is 34.8. The first-order valence-corrected chi connectivity index (χ1v) is 11.3. The molecule has 1 aliphatic heterocycles. The minimum absolute atomic E-state index is 0.0407. The van der Waals surface area contributed by atoms with Crippen LogP contribution in [0.3, 0.4) is 0 Å². The zero-order chi connectivity index (χ0) is 23.8. The number of nitrogens with one attached hydrogen (secondary N) is 1. The number of fused-ring (bicyclic) bond motifs is 1. The molecule has 172 valence electrons. The number of amides is 1. The van der Waals surface area contributed by atoms with Gasteiger partial charge < -0.3 is 15.8 Å². The van der Waals surface area contributed by atoms with E-state index in [0.29, 0.717) is 30.8 Å². The maximum absolute atomic E-state index is 15.0. The van der Waals surface area contributed by atoms with Gasteiger partial charge in [0.05, 0.1) is 16.9 Å². The maximum Gasteiger partial charge on any atom is 0.274 e. The second-order valence-electron chi connectivity index (χ2n) is 8.22. The lowest BCUT2D eigenvalue weighted by atomic mass is 9.84.